The third kappa shape index (κ3) is 5.57. The van der Waals surface area contributed by atoms with Crippen LogP contribution >= 0.6 is 0 Å². The molecular formula is C9H20N2O2S. The Kier molecular flexibility index (Phi) is 4.84. The molecule has 14 heavy (non-hydrogen) atoms. The first-order chi connectivity index (χ1) is 6.64. The lowest BCUT2D eigenvalue weighted by Gasteiger charge is -2.05. The molecule has 1 saturated carbocycles. The van der Waals surface area contributed by atoms with Gasteiger partial charge in [0.05, 0.1) is 5.75 Å². The zero-order valence-electron chi connectivity index (χ0n) is 8.75. The van der Waals surface area contributed by atoms with Crippen molar-refractivity contribution >= 4 is 10.0 Å². The second-order valence-corrected chi connectivity index (χ2v) is 5.65. The van der Waals surface area contributed by atoms with Crippen LogP contribution in [0.3, 0.4) is 0 Å². The summed E-state index contributed by atoms with van der Waals surface area (Å²) >= 11 is 0. The molecule has 0 aromatic carbocycles. The first-order valence-corrected chi connectivity index (χ1v) is 7.00. The maximum atomic E-state index is 11.4. The molecule has 0 aromatic heterocycles. The van der Waals surface area contributed by atoms with E-state index in [2.05, 4.69) is 10.0 Å². The molecule has 5 heteroatoms. The largest absolute Gasteiger partial charge is 0.317 e. The second kappa shape index (κ2) is 5.68. The van der Waals surface area contributed by atoms with Crippen LogP contribution in [0.15, 0.2) is 0 Å². The Morgan fingerprint density at radius 3 is 2.57 bits per heavy atom. The van der Waals surface area contributed by atoms with E-state index >= 15 is 0 Å². The van der Waals surface area contributed by atoms with E-state index in [0.717, 1.165) is 38.8 Å². The molecule has 0 heterocycles. The number of sulfonamides is 1. The molecule has 0 radical (unpaired) electrons. The van der Waals surface area contributed by atoms with Gasteiger partial charge in [0.1, 0.15) is 0 Å². The quantitative estimate of drug-likeness (QED) is 0.584. The Balaban J connectivity index is 2.03. The average molecular weight is 220 g/mol. The first kappa shape index (κ1) is 11.9. The van der Waals surface area contributed by atoms with E-state index in [9.17, 15) is 8.42 Å². The van der Waals surface area contributed by atoms with Crippen molar-refractivity contribution in [3.05, 3.63) is 0 Å². The summed E-state index contributed by atoms with van der Waals surface area (Å²) in [5, 5.41) is 3.17. The highest BCUT2D eigenvalue weighted by Gasteiger charge is 2.26. The maximum absolute atomic E-state index is 11.4. The standard InChI is InChI=1S/C9H20N2O2S/c1-2-10-7-3-4-8-14(12,13)11-9-5-6-9/h9-11H,2-8H2,1H3. The SMILES string of the molecule is CCNCCCCS(=O)(=O)NC1CC1. The average Bonchev–Trinajstić information content (AvgIpc) is 2.87. The van der Waals surface area contributed by atoms with Gasteiger partial charge in [0, 0.05) is 6.04 Å². The number of hydrogen-bond acceptors (Lipinski definition) is 3. The van der Waals surface area contributed by atoms with Gasteiger partial charge in [-0.25, -0.2) is 13.1 Å². The zero-order valence-corrected chi connectivity index (χ0v) is 9.57. The van der Waals surface area contributed by atoms with Crippen LogP contribution in [0.2, 0.25) is 0 Å². The highest BCUT2D eigenvalue weighted by molar-refractivity contribution is 7.89. The van der Waals surface area contributed by atoms with Crippen LogP contribution in [0.4, 0.5) is 0 Å². The van der Waals surface area contributed by atoms with Gasteiger partial charge in [-0.15, -0.1) is 0 Å². The molecule has 1 fully saturated rings. The number of nitrogens with one attached hydrogen (secondary N) is 2. The molecule has 0 amide bonds. The minimum absolute atomic E-state index is 0.244. The molecule has 0 bridgehead atoms. The van der Waals surface area contributed by atoms with Gasteiger partial charge in [-0.1, -0.05) is 6.92 Å². The monoisotopic (exact) mass is 220 g/mol. The van der Waals surface area contributed by atoms with E-state index in [1.165, 1.54) is 0 Å². The molecule has 1 aliphatic carbocycles. The van der Waals surface area contributed by atoms with E-state index in [0.29, 0.717) is 0 Å². The predicted octanol–water partition coefficient (Wildman–Crippen LogP) is 0.458. The van der Waals surface area contributed by atoms with Gasteiger partial charge in [0.15, 0.2) is 0 Å². The minimum Gasteiger partial charge on any atom is -0.317 e. The summed E-state index contributed by atoms with van der Waals surface area (Å²) in [4.78, 5) is 0. The van der Waals surface area contributed by atoms with E-state index in [1.54, 1.807) is 0 Å². The van der Waals surface area contributed by atoms with Crippen LogP contribution in [0.25, 0.3) is 0 Å². The molecule has 1 aliphatic rings. The van der Waals surface area contributed by atoms with Crippen molar-refractivity contribution in [3.63, 3.8) is 0 Å². The summed E-state index contributed by atoms with van der Waals surface area (Å²) in [5.41, 5.74) is 0. The van der Waals surface area contributed by atoms with Crippen LogP contribution < -0.4 is 10.0 Å². The Labute approximate surface area is 86.5 Å². The van der Waals surface area contributed by atoms with Crippen LogP contribution in [0, 0.1) is 0 Å². The van der Waals surface area contributed by atoms with E-state index in [1.807, 2.05) is 6.92 Å². The van der Waals surface area contributed by atoms with Crippen molar-refractivity contribution in [2.24, 2.45) is 0 Å². The molecule has 0 unspecified atom stereocenters. The maximum Gasteiger partial charge on any atom is 0.211 e. The van der Waals surface area contributed by atoms with Crippen molar-refractivity contribution in [2.45, 2.75) is 38.6 Å². The molecule has 0 aliphatic heterocycles. The fourth-order valence-corrected chi connectivity index (χ4v) is 2.68. The zero-order chi connectivity index (χ0) is 10.4. The van der Waals surface area contributed by atoms with Gasteiger partial charge in [-0.3, -0.25) is 0 Å². The molecule has 4 nitrogen and oxygen atoms in total. The highest BCUT2D eigenvalue weighted by atomic mass is 32.2. The Hall–Kier alpha value is -0.130. The van der Waals surface area contributed by atoms with E-state index in [-0.39, 0.29) is 11.8 Å². The van der Waals surface area contributed by atoms with Crippen molar-refractivity contribution in [3.8, 4) is 0 Å². The van der Waals surface area contributed by atoms with Gasteiger partial charge in [-0.2, -0.15) is 0 Å². The molecule has 1 rings (SSSR count). The summed E-state index contributed by atoms with van der Waals surface area (Å²) < 4.78 is 25.4. The molecule has 0 aromatic rings. The lowest BCUT2D eigenvalue weighted by Crippen LogP contribution is -2.28. The van der Waals surface area contributed by atoms with Crippen LogP contribution in [-0.2, 0) is 10.0 Å². The minimum atomic E-state index is -2.98. The summed E-state index contributed by atoms with van der Waals surface area (Å²) in [5.74, 6) is 0.273. The molecular weight excluding hydrogens is 200 g/mol. The lowest BCUT2D eigenvalue weighted by atomic mass is 10.3. The van der Waals surface area contributed by atoms with Crippen molar-refractivity contribution < 1.29 is 8.42 Å². The predicted molar refractivity (Wildman–Crippen MR) is 57.7 cm³/mol. The summed E-state index contributed by atoms with van der Waals surface area (Å²) in [6, 6.07) is 0.244. The van der Waals surface area contributed by atoms with Crippen molar-refractivity contribution in [2.75, 3.05) is 18.8 Å². The van der Waals surface area contributed by atoms with Gasteiger partial charge in [0.25, 0.3) is 0 Å². The second-order valence-electron chi connectivity index (χ2n) is 3.77. The summed E-state index contributed by atoms with van der Waals surface area (Å²) in [6.45, 7) is 3.91. The number of hydrogen-bond donors (Lipinski definition) is 2. The van der Waals surface area contributed by atoms with Crippen LogP contribution in [-0.4, -0.2) is 33.3 Å². The van der Waals surface area contributed by atoms with Gasteiger partial charge < -0.3 is 5.32 Å². The van der Waals surface area contributed by atoms with Gasteiger partial charge in [0.2, 0.25) is 10.0 Å². The molecule has 2 N–H and O–H groups in total. The molecule has 0 spiro atoms. The Bertz CT molecular complexity index is 248. The topological polar surface area (TPSA) is 58.2 Å². The Morgan fingerprint density at radius 2 is 2.00 bits per heavy atom. The summed E-state index contributed by atoms with van der Waals surface area (Å²) in [7, 11) is -2.98. The smallest absolute Gasteiger partial charge is 0.211 e. The third-order valence-corrected chi connectivity index (χ3v) is 3.71. The van der Waals surface area contributed by atoms with E-state index in [4.69, 9.17) is 0 Å². The molecule has 0 atom stereocenters. The lowest BCUT2D eigenvalue weighted by molar-refractivity contribution is 0.574. The molecule has 0 saturated heterocycles. The van der Waals surface area contributed by atoms with Crippen molar-refractivity contribution in [1.29, 1.82) is 0 Å². The fourth-order valence-electron chi connectivity index (χ4n) is 1.23. The third-order valence-electron chi connectivity index (χ3n) is 2.19. The van der Waals surface area contributed by atoms with Gasteiger partial charge in [-0.05, 0) is 38.8 Å². The van der Waals surface area contributed by atoms with Crippen LogP contribution in [0.1, 0.15) is 32.6 Å². The van der Waals surface area contributed by atoms with Gasteiger partial charge >= 0.3 is 0 Å². The number of rotatable bonds is 8. The highest BCUT2D eigenvalue weighted by Crippen LogP contribution is 2.19. The number of unbranched alkanes of at least 4 members (excludes halogenated alkanes) is 1. The summed E-state index contributed by atoms with van der Waals surface area (Å²) in [6.07, 6.45) is 3.70. The van der Waals surface area contributed by atoms with Crippen molar-refractivity contribution in [1.82, 2.24) is 10.0 Å². The van der Waals surface area contributed by atoms with Crippen LogP contribution in [0.5, 0.6) is 0 Å². The normalized spacial score (nSPS) is 17.2. The fraction of sp³-hybridized carbons (Fsp3) is 1.00. The first-order valence-electron chi connectivity index (χ1n) is 5.35. The molecule has 84 valence electrons. The Morgan fingerprint density at radius 1 is 1.29 bits per heavy atom. The van der Waals surface area contributed by atoms with E-state index < -0.39 is 10.0 Å².